The van der Waals surface area contributed by atoms with Gasteiger partial charge >= 0.3 is 0 Å². The van der Waals surface area contributed by atoms with Crippen molar-refractivity contribution in [1.29, 1.82) is 0 Å². The second-order valence-corrected chi connectivity index (χ2v) is 6.98. The van der Waals surface area contributed by atoms with E-state index in [1.165, 1.54) is 0 Å². The minimum atomic E-state index is -0.0417. The Hall–Kier alpha value is -0.390. The molecule has 0 aromatic heterocycles. The zero-order valence-corrected chi connectivity index (χ0v) is 14.9. The quantitative estimate of drug-likeness (QED) is 0.832. The van der Waals surface area contributed by atoms with Crippen molar-refractivity contribution in [1.82, 2.24) is 10.2 Å². The zero-order valence-electron chi connectivity index (χ0n) is 11.7. The molecule has 1 N–H and O–H groups in total. The van der Waals surface area contributed by atoms with Gasteiger partial charge in [-0.15, -0.1) is 0 Å². The van der Waals surface area contributed by atoms with Gasteiger partial charge in [0.05, 0.1) is 5.56 Å². The lowest BCUT2D eigenvalue weighted by molar-refractivity contribution is 0.0916. The Morgan fingerprint density at radius 1 is 1.32 bits per heavy atom. The van der Waals surface area contributed by atoms with Crippen LogP contribution in [0.4, 0.5) is 0 Å². The summed E-state index contributed by atoms with van der Waals surface area (Å²) >= 11 is 6.81. The second-order valence-electron chi connectivity index (χ2n) is 5.21. The Kier molecular flexibility index (Phi) is 6.50. The number of halogens is 2. The van der Waals surface area contributed by atoms with Crippen LogP contribution in [-0.2, 0) is 0 Å². The molecule has 0 heterocycles. The van der Waals surface area contributed by atoms with E-state index >= 15 is 0 Å². The van der Waals surface area contributed by atoms with Crippen LogP contribution in [0.25, 0.3) is 0 Å². The number of rotatable bonds is 5. The molecule has 0 aliphatic rings. The molecule has 0 radical (unpaired) electrons. The van der Waals surface area contributed by atoms with Gasteiger partial charge in [-0.05, 0) is 54.1 Å². The molecule has 1 unspecified atom stereocenters. The normalized spacial score (nSPS) is 12.8. The molecule has 0 saturated heterocycles. The molecule has 1 aromatic carbocycles. The lowest BCUT2D eigenvalue weighted by Gasteiger charge is -2.25. The van der Waals surface area contributed by atoms with Gasteiger partial charge < -0.3 is 10.2 Å². The lowest BCUT2D eigenvalue weighted by atomic mass is 10.0. The van der Waals surface area contributed by atoms with Crippen LogP contribution in [0.2, 0.25) is 0 Å². The monoisotopic (exact) mass is 390 g/mol. The predicted molar refractivity (Wildman–Crippen MR) is 86.5 cm³/mol. The van der Waals surface area contributed by atoms with Crippen LogP contribution >= 0.6 is 31.9 Å². The lowest BCUT2D eigenvalue weighted by Crippen LogP contribution is -2.45. The van der Waals surface area contributed by atoms with Crippen molar-refractivity contribution >= 4 is 37.8 Å². The van der Waals surface area contributed by atoms with E-state index in [9.17, 15) is 4.79 Å². The predicted octanol–water partition coefficient (Wildman–Crippen LogP) is 3.53. The van der Waals surface area contributed by atoms with Crippen LogP contribution in [0.15, 0.2) is 27.1 Å². The molecule has 1 rings (SSSR count). The summed E-state index contributed by atoms with van der Waals surface area (Å²) in [7, 11) is 4.02. The largest absolute Gasteiger partial charge is 0.348 e. The van der Waals surface area contributed by atoms with Gasteiger partial charge in [-0.3, -0.25) is 4.79 Å². The second kappa shape index (κ2) is 7.41. The summed E-state index contributed by atoms with van der Waals surface area (Å²) < 4.78 is 1.75. The van der Waals surface area contributed by atoms with E-state index in [2.05, 4.69) is 55.9 Å². The summed E-state index contributed by atoms with van der Waals surface area (Å²) in [5.41, 5.74) is 0.660. The van der Waals surface area contributed by atoms with Gasteiger partial charge in [-0.2, -0.15) is 0 Å². The van der Waals surface area contributed by atoms with E-state index in [1.54, 1.807) is 0 Å². The number of benzene rings is 1. The molecule has 0 spiro atoms. The summed E-state index contributed by atoms with van der Waals surface area (Å²) in [5.74, 6) is 0.348. The van der Waals surface area contributed by atoms with Crippen molar-refractivity contribution in [2.24, 2.45) is 5.92 Å². The Morgan fingerprint density at radius 2 is 1.95 bits per heavy atom. The third-order valence-corrected chi connectivity index (χ3v) is 4.01. The van der Waals surface area contributed by atoms with Gasteiger partial charge in [0.1, 0.15) is 0 Å². The van der Waals surface area contributed by atoms with Gasteiger partial charge in [0.15, 0.2) is 0 Å². The van der Waals surface area contributed by atoms with E-state index in [0.717, 1.165) is 15.5 Å². The van der Waals surface area contributed by atoms with Crippen LogP contribution in [-0.4, -0.2) is 37.5 Å². The van der Waals surface area contributed by atoms with E-state index in [0.29, 0.717) is 11.5 Å². The summed E-state index contributed by atoms with van der Waals surface area (Å²) in [5, 5.41) is 3.10. The van der Waals surface area contributed by atoms with E-state index in [-0.39, 0.29) is 11.9 Å². The van der Waals surface area contributed by atoms with Crippen molar-refractivity contribution in [3.05, 3.63) is 32.7 Å². The maximum atomic E-state index is 12.3. The van der Waals surface area contributed by atoms with Crippen LogP contribution in [0, 0.1) is 5.92 Å². The molecule has 0 bridgehead atoms. The van der Waals surface area contributed by atoms with E-state index in [4.69, 9.17) is 0 Å². The molecule has 0 aliphatic heterocycles. The van der Waals surface area contributed by atoms with Crippen molar-refractivity contribution in [3.63, 3.8) is 0 Å². The highest BCUT2D eigenvalue weighted by atomic mass is 79.9. The standard InChI is InChI=1S/C14H20Br2N2O/c1-9(2)13(8-18(3)4)17-14(19)11-6-5-10(15)7-12(11)16/h5-7,9,13H,8H2,1-4H3,(H,17,19). The van der Waals surface area contributed by atoms with Crippen LogP contribution in [0.5, 0.6) is 0 Å². The number of nitrogens with one attached hydrogen (secondary N) is 1. The smallest absolute Gasteiger partial charge is 0.252 e. The third-order valence-electron chi connectivity index (χ3n) is 2.86. The number of likely N-dealkylation sites (N-methyl/N-ethyl adjacent to an activating group) is 1. The highest BCUT2D eigenvalue weighted by Gasteiger charge is 2.19. The number of carbonyl (C=O) groups is 1. The average Bonchev–Trinajstić information content (AvgIpc) is 2.26. The van der Waals surface area contributed by atoms with Crippen LogP contribution in [0.1, 0.15) is 24.2 Å². The maximum Gasteiger partial charge on any atom is 0.252 e. The molecular formula is C14H20Br2N2O. The van der Waals surface area contributed by atoms with Crippen molar-refractivity contribution in [3.8, 4) is 0 Å². The molecule has 1 atom stereocenters. The Labute approximate surface area is 132 Å². The first-order chi connectivity index (χ1) is 8.81. The molecule has 0 fully saturated rings. The Bertz CT molecular complexity index is 447. The van der Waals surface area contributed by atoms with Crippen molar-refractivity contribution < 1.29 is 4.79 Å². The molecule has 19 heavy (non-hydrogen) atoms. The van der Waals surface area contributed by atoms with Gasteiger partial charge in [-0.1, -0.05) is 29.8 Å². The number of hydrogen-bond acceptors (Lipinski definition) is 2. The molecule has 0 aliphatic carbocycles. The van der Waals surface area contributed by atoms with Gasteiger partial charge in [0, 0.05) is 21.5 Å². The molecule has 0 saturated carbocycles. The van der Waals surface area contributed by atoms with Crippen LogP contribution in [0.3, 0.4) is 0 Å². The fraction of sp³-hybridized carbons (Fsp3) is 0.500. The number of carbonyl (C=O) groups excluding carboxylic acids is 1. The van der Waals surface area contributed by atoms with Gasteiger partial charge in [-0.25, -0.2) is 0 Å². The zero-order chi connectivity index (χ0) is 14.6. The van der Waals surface area contributed by atoms with Crippen molar-refractivity contribution in [2.45, 2.75) is 19.9 Å². The third kappa shape index (κ3) is 5.24. The average molecular weight is 392 g/mol. The summed E-state index contributed by atoms with van der Waals surface area (Å²) in [6.45, 7) is 5.06. The number of amides is 1. The first-order valence-electron chi connectivity index (χ1n) is 6.22. The summed E-state index contributed by atoms with van der Waals surface area (Å²) in [4.78, 5) is 14.4. The minimum absolute atomic E-state index is 0.0417. The number of hydrogen-bond donors (Lipinski definition) is 1. The summed E-state index contributed by atoms with van der Waals surface area (Å²) in [6.07, 6.45) is 0. The topological polar surface area (TPSA) is 32.3 Å². The Morgan fingerprint density at radius 3 is 2.42 bits per heavy atom. The first-order valence-corrected chi connectivity index (χ1v) is 7.80. The van der Waals surface area contributed by atoms with E-state index < -0.39 is 0 Å². The first kappa shape index (κ1) is 16.7. The molecule has 1 amide bonds. The minimum Gasteiger partial charge on any atom is -0.348 e. The SMILES string of the molecule is CC(C)C(CN(C)C)NC(=O)c1ccc(Br)cc1Br. The number of nitrogens with zero attached hydrogens (tertiary/aromatic N) is 1. The molecular weight excluding hydrogens is 372 g/mol. The molecule has 1 aromatic rings. The highest BCUT2D eigenvalue weighted by molar-refractivity contribution is 9.11. The molecule has 5 heteroatoms. The van der Waals surface area contributed by atoms with Gasteiger partial charge in [0.25, 0.3) is 5.91 Å². The van der Waals surface area contributed by atoms with Crippen molar-refractivity contribution in [2.75, 3.05) is 20.6 Å². The maximum absolute atomic E-state index is 12.3. The highest BCUT2D eigenvalue weighted by Crippen LogP contribution is 2.22. The summed E-state index contributed by atoms with van der Waals surface area (Å²) in [6, 6.07) is 5.70. The van der Waals surface area contributed by atoms with Gasteiger partial charge in [0.2, 0.25) is 0 Å². The Balaban J connectivity index is 2.81. The van der Waals surface area contributed by atoms with E-state index in [1.807, 2.05) is 32.3 Å². The fourth-order valence-corrected chi connectivity index (χ4v) is 2.96. The fourth-order valence-electron chi connectivity index (χ4n) is 1.74. The molecule has 3 nitrogen and oxygen atoms in total. The van der Waals surface area contributed by atoms with Crippen LogP contribution < -0.4 is 5.32 Å². The molecule has 106 valence electrons.